The van der Waals surface area contributed by atoms with E-state index in [1.54, 1.807) is 12.0 Å². The zero-order valence-corrected chi connectivity index (χ0v) is 11.7. The van der Waals surface area contributed by atoms with Crippen LogP contribution in [0.25, 0.3) is 0 Å². The van der Waals surface area contributed by atoms with Crippen molar-refractivity contribution in [1.29, 1.82) is 0 Å². The van der Waals surface area contributed by atoms with Gasteiger partial charge in [0, 0.05) is 13.1 Å². The van der Waals surface area contributed by atoms with Gasteiger partial charge in [-0.2, -0.15) is 0 Å². The third-order valence-electron chi connectivity index (χ3n) is 3.73. The number of amides is 1. The molecule has 1 aromatic carbocycles. The Bertz CT molecular complexity index is 472. The molecule has 4 nitrogen and oxygen atoms in total. The number of hydrogen-bond acceptors (Lipinski definition) is 3. The molecular formula is C15H21NO3. The molecule has 19 heavy (non-hydrogen) atoms. The molecule has 1 saturated heterocycles. The second kappa shape index (κ2) is 5.61. The van der Waals surface area contributed by atoms with Gasteiger partial charge in [-0.05, 0) is 31.4 Å². The lowest BCUT2D eigenvalue weighted by Gasteiger charge is -2.34. The van der Waals surface area contributed by atoms with Crippen molar-refractivity contribution in [3.8, 4) is 5.75 Å². The first kappa shape index (κ1) is 13.9. The first-order valence-electron chi connectivity index (χ1n) is 6.65. The van der Waals surface area contributed by atoms with E-state index >= 15 is 0 Å². The predicted molar refractivity (Wildman–Crippen MR) is 73.4 cm³/mol. The number of rotatable bonds is 2. The van der Waals surface area contributed by atoms with Gasteiger partial charge in [0.05, 0.1) is 18.8 Å². The summed E-state index contributed by atoms with van der Waals surface area (Å²) in [5, 5.41) is 9.73. The topological polar surface area (TPSA) is 49.8 Å². The third kappa shape index (κ3) is 2.89. The minimum atomic E-state index is -0.302. The molecule has 2 unspecified atom stereocenters. The number of ether oxygens (including phenoxy) is 1. The number of methoxy groups -OCH3 is 1. The summed E-state index contributed by atoms with van der Waals surface area (Å²) in [6.45, 7) is 5.12. The standard InChI is InChI=1S/C15H21NO3/c1-10-4-5-14(19-3)12(8-10)15(18)16-7-6-13(17)11(2)9-16/h4-5,8,11,13,17H,6-7,9H2,1-3H3. The van der Waals surface area contributed by atoms with Crippen LogP contribution in [0.5, 0.6) is 5.75 Å². The highest BCUT2D eigenvalue weighted by atomic mass is 16.5. The molecule has 2 atom stereocenters. The van der Waals surface area contributed by atoms with E-state index in [1.165, 1.54) is 0 Å². The molecule has 0 radical (unpaired) electrons. The second-order valence-corrected chi connectivity index (χ2v) is 5.29. The highest BCUT2D eigenvalue weighted by Gasteiger charge is 2.28. The number of benzene rings is 1. The van der Waals surface area contributed by atoms with Gasteiger partial charge in [-0.25, -0.2) is 0 Å². The van der Waals surface area contributed by atoms with Crippen LogP contribution in [0.4, 0.5) is 0 Å². The quantitative estimate of drug-likeness (QED) is 0.886. The van der Waals surface area contributed by atoms with Crippen LogP contribution in [0, 0.1) is 12.8 Å². The molecule has 0 aliphatic carbocycles. The molecule has 4 heteroatoms. The van der Waals surface area contributed by atoms with Crippen LogP contribution >= 0.6 is 0 Å². The van der Waals surface area contributed by atoms with Gasteiger partial charge in [-0.3, -0.25) is 4.79 Å². The zero-order valence-electron chi connectivity index (χ0n) is 11.7. The minimum Gasteiger partial charge on any atom is -0.496 e. The van der Waals surface area contributed by atoms with Crippen LogP contribution in [0.3, 0.4) is 0 Å². The molecule has 1 aromatic rings. The highest BCUT2D eigenvalue weighted by molar-refractivity contribution is 5.97. The zero-order chi connectivity index (χ0) is 14.0. The van der Waals surface area contributed by atoms with Gasteiger partial charge in [-0.1, -0.05) is 18.6 Å². The summed E-state index contributed by atoms with van der Waals surface area (Å²) in [5.41, 5.74) is 1.64. The monoisotopic (exact) mass is 263 g/mol. The number of carbonyl (C=O) groups is 1. The van der Waals surface area contributed by atoms with E-state index in [2.05, 4.69) is 0 Å². The lowest BCUT2D eigenvalue weighted by molar-refractivity contribution is 0.0296. The van der Waals surface area contributed by atoms with E-state index in [0.29, 0.717) is 30.8 Å². The van der Waals surface area contributed by atoms with Gasteiger partial charge in [0.15, 0.2) is 0 Å². The van der Waals surface area contributed by atoms with Crippen molar-refractivity contribution in [3.63, 3.8) is 0 Å². The van der Waals surface area contributed by atoms with E-state index in [-0.39, 0.29) is 17.9 Å². The van der Waals surface area contributed by atoms with Crippen LogP contribution in [0.2, 0.25) is 0 Å². The second-order valence-electron chi connectivity index (χ2n) is 5.29. The summed E-state index contributed by atoms with van der Waals surface area (Å²) < 4.78 is 5.26. The van der Waals surface area contributed by atoms with Crippen molar-refractivity contribution < 1.29 is 14.6 Å². The number of aliphatic hydroxyl groups excluding tert-OH is 1. The maximum Gasteiger partial charge on any atom is 0.257 e. The SMILES string of the molecule is COc1ccc(C)cc1C(=O)N1CCC(O)C(C)C1. The van der Waals surface area contributed by atoms with Crippen molar-refractivity contribution in [2.45, 2.75) is 26.4 Å². The number of aryl methyl sites for hydroxylation is 1. The molecule has 0 saturated carbocycles. The first-order valence-corrected chi connectivity index (χ1v) is 6.65. The first-order chi connectivity index (χ1) is 9.02. The van der Waals surface area contributed by atoms with Crippen LogP contribution in [0.15, 0.2) is 18.2 Å². The lowest BCUT2D eigenvalue weighted by atomic mass is 9.96. The van der Waals surface area contributed by atoms with Crippen molar-refractivity contribution in [2.75, 3.05) is 20.2 Å². The number of nitrogens with zero attached hydrogens (tertiary/aromatic N) is 1. The number of carbonyl (C=O) groups excluding carboxylic acids is 1. The number of piperidine rings is 1. The number of likely N-dealkylation sites (tertiary alicyclic amines) is 1. The maximum atomic E-state index is 12.5. The lowest BCUT2D eigenvalue weighted by Crippen LogP contribution is -2.45. The molecule has 0 spiro atoms. The molecule has 1 aliphatic rings. The molecule has 2 rings (SSSR count). The summed E-state index contributed by atoms with van der Waals surface area (Å²) in [5.74, 6) is 0.710. The maximum absolute atomic E-state index is 12.5. The molecule has 1 fully saturated rings. The van der Waals surface area contributed by atoms with Gasteiger partial charge in [0.1, 0.15) is 5.75 Å². The Morgan fingerprint density at radius 2 is 2.21 bits per heavy atom. The Morgan fingerprint density at radius 3 is 2.84 bits per heavy atom. The summed E-state index contributed by atoms with van der Waals surface area (Å²) >= 11 is 0. The molecule has 1 N–H and O–H groups in total. The summed E-state index contributed by atoms with van der Waals surface area (Å²) in [4.78, 5) is 14.3. The fraction of sp³-hybridized carbons (Fsp3) is 0.533. The molecule has 0 bridgehead atoms. The van der Waals surface area contributed by atoms with Gasteiger partial charge < -0.3 is 14.7 Å². The average Bonchev–Trinajstić information content (AvgIpc) is 2.41. The number of hydrogen-bond donors (Lipinski definition) is 1. The van der Waals surface area contributed by atoms with Crippen molar-refractivity contribution in [2.24, 2.45) is 5.92 Å². The van der Waals surface area contributed by atoms with E-state index in [1.807, 2.05) is 32.0 Å². The largest absolute Gasteiger partial charge is 0.496 e. The van der Waals surface area contributed by atoms with Crippen LogP contribution in [-0.4, -0.2) is 42.2 Å². The number of aliphatic hydroxyl groups is 1. The predicted octanol–water partition coefficient (Wildman–Crippen LogP) is 1.85. The normalized spacial score (nSPS) is 23.3. The highest BCUT2D eigenvalue weighted by Crippen LogP contribution is 2.24. The Balaban J connectivity index is 2.22. The Morgan fingerprint density at radius 1 is 1.47 bits per heavy atom. The van der Waals surface area contributed by atoms with E-state index in [0.717, 1.165) is 5.56 Å². The van der Waals surface area contributed by atoms with Crippen molar-refractivity contribution in [1.82, 2.24) is 4.90 Å². The molecule has 1 amide bonds. The fourth-order valence-electron chi connectivity index (χ4n) is 2.48. The van der Waals surface area contributed by atoms with Gasteiger partial charge in [-0.15, -0.1) is 0 Å². The van der Waals surface area contributed by atoms with Crippen molar-refractivity contribution in [3.05, 3.63) is 29.3 Å². The average molecular weight is 263 g/mol. The molecule has 1 heterocycles. The van der Waals surface area contributed by atoms with E-state index in [9.17, 15) is 9.90 Å². The van der Waals surface area contributed by atoms with E-state index < -0.39 is 0 Å². The van der Waals surface area contributed by atoms with Gasteiger partial charge in [0.25, 0.3) is 5.91 Å². The Labute approximate surface area is 114 Å². The van der Waals surface area contributed by atoms with Gasteiger partial charge >= 0.3 is 0 Å². The van der Waals surface area contributed by atoms with E-state index in [4.69, 9.17) is 4.74 Å². The summed E-state index contributed by atoms with van der Waals surface area (Å²) in [7, 11) is 1.57. The molecule has 104 valence electrons. The van der Waals surface area contributed by atoms with Gasteiger partial charge in [0.2, 0.25) is 0 Å². The minimum absolute atomic E-state index is 0.0145. The molecular weight excluding hydrogens is 242 g/mol. The molecule has 0 aromatic heterocycles. The Kier molecular flexibility index (Phi) is 4.10. The Hall–Kier alpha value is -1.55. The fourth-order valence-corrected chi connectivity index (χ4v) is 2.48. The van der Waals surface area contributed by atoms with Crippen molar-refractivity contribution >= 4 is 5.91 Å². The summed E-state index contributed by atoms with van der Waals surface area (Å²) in [6, 6.07) is 5.61. The molecule has 1 aliphatic heterocycles. The van der Waals surface area contributed by atoms with Crippen LogP contribution in [0.1, 0.15) is 29.3 Å². The van der Waals surface area contributed by atoms with Crippen LogP contribution in [-0.2, 0) is 0 Å². The smallest absolute Gasteiger partial charge is 0.257 e. The van der Waals surface area contributed by atoms with Crippen LogP contribution < -0.4 is 4.74 Å². The third-order valence-corrected chi connectivity index (χ3v) is 3.73. The summed E-state index contributed by atoms with van der Waals surface area (Å²) in [6.07, 6.45) is 0.338.